The van der Waals surface area contributed by atoms with Crippen molar-refractivity contribution in [2.75, 3.05) is 4.90 Å². The van der Waals surface area contributed by atoms with Crippen LogP contribution in [-0.2, 0) is 21.1 Å². The molecule has 158 valence electrons. The molecule has 1 amide bonds. The number of benzene rings is 3. The topological polar surface area (TPSA) is 74.7 Å². The molecule has 0 saturated heterocycles. The molecule has 0 saturated carbocycles. The highest BCUT2D eigenvalue weighted by molar-refractivity contribution is 7.95. The molecule has 7 heteroatoms. The van der Waals surface area contributed by atoms with Crippen LogP contribution < -0.4 is 4.90 Å². The van der Waals surface area contributed by atoms with Gasteiger partial charge in [-0.1, -0.05) is 49.4 Å². The Morgan fingerprint density at radius 2 is 1.55 bits per heavy atom. The molecule has 0 aliphatic carbocycles. The number of hydrogen-bond donors (Lipinski definition) is 1. The van der Waals surface area contributed by atoms with Crippen LogP contribution in [0.15, 0.2) is 94.4 Å². The lowest BCUT2D eigenvalue weighted by molar-refractivity contribution is -0.117. The number of hydrogen-bond acceptors (Lipinski definition) is 4. The minimum absolute atomic E-state index is 0.0420. The zero-order valence-corrected chi connectivity index (χ0v) is 17.5. The first-order valence-corrected chi connectivity index (χ1v) is 11.2. The molecule has 0 spiro atoms. The normalized spacial score (nSPS) is 16.8. The minimum Gasteiger partial charge on any atom is -0.502 e. The number of rotatable bonds is 5. The fourth-order valence-corrected chi connectivity index (χ4v) is 5.34. The Bertz CT molecular complexity index is 1250. The summed E-state index contributed by atoms with van der Waals surface area (Å²) in [4.78, 5) is 13.8. The van der Waals surface area contributed by atoms with E-state index in [9.17, 15) is 22.7 Å². The first kappa shape index (κ1) is 20.8. The van der Waals surface area contributed by atoms with Crippen molar-refractivity contribution in [1.82, 2.24) is 0 Å². The van der Waals surface area contributed by atoms with Crippen LogP contribution in [0.3, 0.4) is 0 Å². The predicted molar refractivity (Wildman–Crippen MR) is 116 cm³/mol. The number of aryl methyl sites for hydroxylation is 1. The summed E-state index contributed by atoms with van der Waals surface area (Å²) in [5, 5.41) is 10.7. The van der Waals surface area contributed by atoms with Gasteiger partial charge in [-0.25, -0.2) is 12.8 Å². The van der Waals surface area contributed by atoms with E-state index in [1.807, 2.05) is 19.1 Å². The van der Waals surface area contributed by atoms with Gasteiger partial charge in [0.1, 0.15) is 16.8 Å². The van der Waals surface area contributed by atoms with Crippen molar-refractivity contribution in [3.05, 3.63) is 106 Å². The van der Waals surface area contributed by atoms with Gasteiger partial charge in [-0.05, 0) is 53.9 Å². The first-order valence-electron chi connectivity index (χ1n) is 9.76. The Labute approximate surface area is 180 Å². The zero-order valence-electron chi connectivity index (χ0n) is 16.7. The SMILES string of the molecule is CCc1ccc(N2C(=O)C(O)=C(S(=O)(=O)c3ccccc3)[C@@H]2c2ccc(F)cc2)cc1. The van der Waals surface area contributed by atoms with Gasteiger partial charge in [-0.15, -0.1) is 0 Å². The van der Waals surface area contributed by atoms with Gasteiger partial charge in [0.2, 0.25) is 9.84 Å². The van der Waals surface area contributed by atoms with Crippen molar-refractivity contribution in [1.29, 1.82) is 0 Å². The molecule has 1 aliphatic heterocycles. The van der Waals surface area contributed by atoms with Crippen molar-refractivity contribution >= 4 is 21.4 Å². The van der Waals surface area contributed by atoms with Crippen LogP contribution in [0.4, 0.5) is 10.1 Å². The van der Waals surface area contributed by atoms with Gasteiger partial charge in [0, 0.05) is 5.69 Å². The number of anilines is 1. The Kier molecular flexibility index (Phi) is 5.37. The zero-order chi connectivity index (χ0) is 22.2. The molecule has 0 bridgehead atoms. The van der Waals surface area contributed by atoms with Gasteiger partial charge >= 0.3 is 0 Å². The first-order chi connectivity index (χ1) is 14.8. The van der Waals surface area contributed by atoms with Crippen molar-refractivity contribution < 1.29 is 22.7 Å². The van der Waals surface area contributed by atoms with Gasteiger partial charge < -0.3 is 5.11 Å². The second kappa shape index (κ2) is 8.00. The molecule has 3 aromatic rings. The van der Waals surface area contributed by atoms with Crippen molar-refractivity contribution in [2.45, 2.75) is 24.3 Å². The summed E-state index contributed by atoms with van der Waals surface area (Å²) in [6.45, 7) is 2.00. The van der Waals surface area contributed by atoms with Crippen molar-refractivity contribution in [3.8, 4) is 0 Å². The average molecular weight is 437 g/mol. The van der Waals surface area contributed by atoms with E-state index >= 15 is 0 Å². The second-order valence-electron chi connectivity index (χ2n) is 7.18. The quantitative estimate of drug-likeness (QED) is 0.627. The number of sulfone groups is 1. The second-order valence-corrected chi connectivity index (χ2v) is 9.10. The molecule has 1 heterocycles. The number of amides is 1. The Balaban J connectivity index is 1.92. The van der Waals surface area contributed by atoms with Crippen LogP contribution in [0.5, 0.6) is 0 Å². The highest BCUT2D eigenvalue weighted by Gasteiger charge is 2.47. The summed E-state index contributed by atoms with van der Waals surface area (Å²) in [5.74, 6) is -2.15. The number of carbonyl (C=O) groups is 1. The maximum absolute atomic E-state index is 13.6. The number of halogens is 1. The maximum Gasteiger partial charge on any atom is 0.295 e. The third kappa shape index (κ3) is 3.61. The van der Waals surface area contributed by atoms with Crippen LogP contribution >= 0.6 is 0 Å². The molecule has 31 heavy (non-hydrogen) atoms. The predicted octanol–water partition coefficient (Wildman–Crippen LogP) is 4.72. The van der Waals surface area contributed by atoms with E-state index in [0.29, 0.717) is 11.3 Å². The third-order valence-corrected chi connectivity index (χ3v) is 7.20. The molecule has 1 aliphatic rings. The minimum atomic E-state index is -4.21. The van der Waals surface area contributed by atoms with Crippen LogP contribution in [0, 0.1) is 5.82 Å². The van der Waals surface area contributed by atoms with Gasteiger partial charge in [-0.2, -0.15) is 0 Å². The molecule has 3 aromatic carbocycles. The average Bonchev–Trinajstić information content (AvgIpc) is 3.06. The Hall–Kier alpha value is -3.45. The summed E-state index contributed by atoms with van der Waals surface area (Å²) >= 11 is 0. The van der Waals surface area contributed by atoms with E-state index in [1.165, 1.54) is 41.3 Å². The lowest BCUT2D eigenvalue weighted by atomic mass is 10.1. The van der Waals surface area contributed by atoms with E-state index < -0.39 is 38.3 Å². The van der Waals surface area contributed by atoms with E-state index in [4.69, 9.17) is 0 Å². The van der Waals surface area contributed by atoms with Crippen molar-refractivity contribution in [3.63, 3.8) is 0 Å². The Morgan fingerprint density at radius 1 is 0.935 bits per heavy atom. The van der Waals surface area contributed by atoms with E-state index in [0.717, 1.165) is 12.0 Å². The van der Waals surface area contributed by atoms with Crippen LogP contribution in [0.1, 0.15) is 24.1 Å². The Morgan fingerprint density at radius 3 is 2.13 bits per heavy atom. The lowest BCUT2D eigenvalue weighted by Crippen LogP contribution is -2.31. The van der Waals surface area contributed by atoms with Gasteiger partial charge in [0.05, 0.1) is 4.90 Å². The number of carbonyl (C=O) groups excluding carboxylic acids is 1. The molecular weight excluding hydrogens is 417 g/mol. The molecule has 0 unspecified atom stereocenters. The van der Waals surface area contributed by atoms with Crippen molar-refractivity contribution in [2.24, 2.45) is 0 Å². The third-order valence-electron chi connectivity index (χ3n) is 5.31. The fourth-order valence-electron chi connectivity index (χ4n) is 3.69. The fraction of sp³-hybridized carbons (Fsp3) is 0.125. The lowest BCUT2D eigenvalue weighted by Gasteiger charge is -2.27. The smallest absolute Gasteiger partial charge is 0.295 e. The molecule has 1 N–H and O–H groups in total. The summed E-state index contributed by atoms with van der Waals surface area (Å²) < 4.78 is 40.5. The maximum atomic E-state index is 13.6. The van der Waals surface area contributed by atoms with Crippen LogP contribution in [-0.4, -0.2) is 19.4 Å². The molecule has 5 nitrogen and oxygen atoms in total. The van der Waals surface area contributed by atoms with E-state index in [1.54, 1.807) is 30.3 Å². The molecule has 0 fully saturated rings. The molecule has 0 radical (unpaired) electrons. The summed E-state index contributed by atoms with van der Waals surface area (Å²) in [6, 6.07) is 18.8. The molecular formula is C24H20FNO4S. The number of nitrogens with zero attached hydrogens (tertiary/aromatic N) is 1. The monoisotopic (exact) mass is 437 g/mol. The van der Waals surface area contributed by atoms with Gasteiger partial charge in [0.25, 0.3) is 5.91 Å². The summed E-state index contributed by atoms with van der Waals surface area (Å²) in [7, 11) is -4.21. The van der Waals surface area contributed by atoms with Gasteiger partial charge in [-0.3, -0.25) is 9.69 Å². The molecule has 4 rings (SSSR count). The van der Waals surface area contributed by atoms with Gasteiger partial charge in [0.15, 0.2) is 5.76 Å². The standard InChI is InChI=1S/C24H20FNO4S/c1-2-16-8-14-19(15-9-16)26-21(17-10-12-18(25)13-11-17)23(22(27)24(26)28)31(29,30)20-6-4-3-5-7-20/h3-15,21,27H,2H2,1H3/t21-/m0/s1. The summed E-state index contributed by atoms with van der Waals surface area (Å²) in [5.41, 5.74) is 1.84. The number of aliphatic hydroxyl groups is 1. The number of aliphatic hydroxyl groups excluding tert-OH is 1. The van der Waals surface area contributed by atoms with Crippen LogP contribution in [0.25, 0.3) is 0 Å². The van der Waals surface area contributed by atoms with E-state index in [-0.39, 0.29) is 4.90 Å². The summed E-state index contributed by atoms with van der Waals surface area (Å²) in [6.07, 6.45) is 0.798. The van der Waals surface area contributed by atoms with Crippen LogP contribution in [0.2, 0.25) is 0 Å². The largest absolute Gasteiger partial charge is 0.502 e. The molecule has 1 atom stereocenters. The highest BCUT2D eigenvalue weighted by Crippen LogP contribution is 2.44. The highest BCUT2D eigenvalue weighted by atomic mass is 32.2. The molecule has 0 aromatic heterocycles. The van der Waals surface area contributed by atoms with E-state index in [2.05, 4.69) is 0 Å².